The highest BCUT2D eigenvalue weighted by Crippen LogP contribution is 2.18. The molecule has 2 aromatic heterocycles. The van der Waals surface area contributed by atoms with Crippen molar-refractivity contribution in [1.29, 1.82) is 0 Å². The highest BCUT2D eigenvalue weighted by atomic mass is 19.1. The molecule has 0 aliphatic carbocycles. The van der Waals surface area contributed by atoms with E-state index in [0.29, 0.717) is 35.7 Å². The third-order valence-corrected chi connectivity index (χ3v) is 2.79. The summed E-state index contributed by atoms with van der Waals surface area (Å²) in [5.41, 5.74) is 2.28. The Morgan fingerprint density at radius 1 is 1.20 bits per heavy atom. The lowest BCUT2D eigenvalue weighted by Crippen LogP contribution is -2.09. The fraction of sp³-hybridized carbons (Fsp3) is 0.267. The highest BCUT2D eigenvalue weighted by molar-refractivity contribution is 5.91. The van der Waals surface area contributed by atoms with Gasteiger partial charge in [-0.2, -0.15) is 0 Å². The number of carbonyl (C=O) groups excluding carboxylic acids is 1. The van der Waals surface area contributed by atoms with Gasteiger partial charge in [0.2, 0.25) is 0 Å². The third-order valence-electron chi connectivity index (χ3n) is 2.79. The van der Waals surface area contributed by atoms with Crippen LogP contribution in [0.2, 0.25) is 0 Å². The van der Waals surface area contributed by atoms with Crippen LogP contribution in [0.3, 0.4) is 0 Å². The van der Waals surface area contributed by atoms with Crippen LogP contribution < -0.4 is 0 Å². The normalized spacial score (nSPS) is 10.3. The number of aromatic nitrogens is 2. The highest BCUT2D eigenvalue weighted by Gasteiger charge is 2.14. The van der Waals surface area contributed by atoms with Crippen LogP contribution in [0.15, 0.2) is 30.5 Å². The Kier molecular flexibility index (Phi) is 4.40. The molecule has 0 aliphatic rings. The minimum absolute atomic E-state index is 0.323. The molecule has 2 rings (SSSR count). The van der Waals surface area contributed by atoms with Crippen LogP contribution in [-0.2, 0) is 11.2 Å². The van der Waals surface area contributed by atoms with Gasteiger partial charge in [0.05, 0.1) is 35.4 Å². The number of ether oxygens (including phenoxy) is 1. The Hall–Kier alpha value is -2.30. The van der Waals surface area contributed by atoms with Gasteiger partial charge in [0.1, 0.15) is 5.82 Å². The predicted octanol–water partition coefficient (Wildman–Crippen LogP) is 3.02. The van der Waals surface area contributed by atoms with Crippen molar-refractivity contribution in [3.63, 3.8) is 0 Å². The molecule has 0 fully saturated rings. The average Bonchev–Trinajstić information content (AvgIpc) is 2.47. The third kappa shape index (κ3) is 2.99. The number of hydrogen-bond donors (Lipinski definition) is 0. The number of pyridine rings is 2. The Labute approximate surface area is 116 Å². The molecule has 5 heteroatoms. The monoisotopic (exact) mass is 274 g/mol. The molecule has 0 spiro atoms. The minimum atomic E-state index is -0.396. The maximum atomic E-state index is 12.9. The van der Waals surface area contributed by atoms with Crippen LogP contribution in [0.5, 0.6) is 0 Å². The Morgan fingerprint density at radius 3 is 2.55 bits per heavy atom. The summed E-state index contributed by atoms with van der Waals surface area (Å²) < 4.78 is 17.8. The van der Waals surface area contributed by atoms with Crippen LogP contribution in [-0.4, -0.2) is 22.5 Å². The van der Waals surface area contributed by atoms with Crippen molar-refractivity contribution >= 4 is 5.97 Å². The molecule has 2 heterocycles. The second-order valence-corrected chi connectivity index (χ2v) is 4.13. The molecule has 0 atom stereocenters. The number of hydrogen-bond acceptors (Lipinski definition) is 4. The smallest absolute Gasteiger partial charge is 0.339 e. The van der Waals surface area contributed by atoms with Gasteiger partial charge in [0.15, 0.2) is 0 Å². The molecule has 0 saturated heterocycles. The van der Waals surface area contributed by atoms with Crippen molar-refractivity contribution in [3.8, 4) is 11.4 Å². The zero-order chi connectivity index (χ0) is 14.5. The molecule has 0 radical (unpaired) electrons. The molecule has 104 valence electrons. The van der Waals surface area contributed by atoms with E-state index in [2.05, 4.69) is 9.97 Å². The molecular formula is C15H15FN2O2. The topological polar surface area (TPSA) is 52.1 Å². The van der Waals surface area contributed by atoms with Gasteiger partial charge in [-0.15, -0.1) is 0 Å². The van der Waals surface area contributed by atoms with Crippen LogP contribution in [0.25, 0.3) is 11.4 Å². The fourth-order valence-corrected chi connectivity index (χ4v) is 1.84. The van der Waals surface area contributed by atoms with Gasteiger partial charge in [0.25, 0.3) is 0 Å². The largest absolute Gasteiger partial charge is 0.462 e. The maximum absolute atomic E-state index is 12.9. The molecule has 2 aromatic rings. The first-order valence-electron chi connectivity index (χ1n) is 6.44. The summed E-state index contributed by atoms with van der Waals surface area (Å²) in [6.07, 6.45) is 1.74. The van der Waals surface area contributed by atoms with Gasteiger partial charge in [-0.25, -0.2) is 9.18 Å². The average molecular weight is 274 g/mol. The summed E-state index contributed by atoms with van der Waals surface area (Å²) in [6, 6.07) is 6.24. The lowest BCUT2D eigenvalue weighted by Gasteiger charge is -2.08. The lowest BCUT2D eigenvalue weighted by atomic mass is 10.1. The van der Waals surface area contributed by atoms with E-state index in [1.54, 1.807) is 25.1 Å². The van der Waals surface area contributed by atoms with Crippen molar-refractivity contribution < 1.29 is 13.9 Å². The van der Waals surface area contributed by atoms with Gasteiger partial charge in [0, 0.05) is 0 Å². The van der Waals surface area contributed by atoms with E-state index in [1.807, 2.05) is 6.92 Å². The van der Waals surface area contributed by atoms with Gasteiger partial charge in [-0.3, -0.25) is 9.97 Å². The van der Waals surface area contributed by atoms with Crippen LogP contribution in [0.1, 0.15) is 29.9 Å². The van der Waals surface area contributed by atoms with Crippen molar-refractivity contribution in [3.05, 3.63) is 47.5 Å². The number of nitrogens with zero attached hydrogens (tertiary/aromatic N) is 2. The molecule has 20 heavy (non-hydrogen) atoms. The van der Waals surface area contributed by atoms with E-state index >= 15 is 0 Å². The number of esters is 1. The molecule has 0 bridgehead atoms. The zero-order valence-electron chi connectivity index (χ0n) is 11.4. The molecular weight excluding hydrogens is 259 g/mol. The summed E-state index contributed by atoms with van der Waals surface area (Å²) >= 11 is 0. The summed E-state index contributed by atoms with van der Waals surface area (Å²) in [7, 11) is 0. The first-order chi connectivity index (χ1) is 9.65. The molecule has 4 nitrogen and oxygen atoms in total. The van der Waals surface area contributed by atoms with Gasteiger partial charge < -0.3 is 4.74 Å². The zero-order valence-corrected chi connectivity index (χ0v) is 11.4. The summed E-state index contributed by atoms with van der Waals surface area (Å²) in [4.78, 5) is 20.2. The quantitative estimate of drug-likeness (QED) is 0.804. The first kappa shape index (κ1) is 14.1. The van der Waals surface area contributed by atoms with E-state index in [1.165, 1.54) is 6.07 Å². The second-order valence-electron chi connectivity index (χ2n) is 4.13. The maximum Gasteiger partial charge on any atom is 0.339 e. The Balaban J connectivity index is 2.38. The molecule has 0 N–H and O–H groups in total. The first-order valence-corrected chi connectivity index (χ1v) is 6.44. The Bertz CT molecular complexity index is 612. The molecule has 0 aliphatic heterocycles. The molecule has 0 saturated carbocycles. The predicted molar refractivity (Wildman–Crippen MR) is 72.8 cm³/mol. The standard InChI is InChI=1S/C15H15FN2O2/c1-3-12-11(15(19)20-4-2)6-8-14(18-12)13-7-5-10(16)9-17-13/h5-9H,3-4H2,1-2H3. The molecule has 0 unspecified atom stereocenters. The van der Waals surface area contributed by atoms with Gasteiger partial charge in [-0.05, 0) is 37.6 Å². The Morgan fingerprint density at radius 2 is 1.95 bits per heavy atom. The van der Waals surface area contributed by atoms with Crippen molar-refractivity contribution in [2.75, 3.05) is 6.61 Å². The SMILES string of the molecule is CCOC(=O)c1ccc(-c2ccc(F)cn2)nc1CC. The van der Waals surface area contributed by atoms with E-state index in [-0.39, 0.29) is 5.97 Å². The molecule has 0 aromatic carbocycles. The van der Waals surface area contributed by atoms with Crippen molar-refractivity contribution in [1.82, 2.24) is 9.97 Å². The van der Waals surface area contributed by atoms with E-state index in [4.69, 9.17) is 4.74 Å². The number of aryl methyl sites for hydroxylation is 1. The van der Waals surface area contributed by atoms with Crippen LogP contribution in [0.4, 0.5) is 4.39 Å². The summed E-state index contributed by atoms with van der Waals surface area (Å²) in [5.74, 6) is -0.775. The summed E-state index contributed by atoms with van der Waals surface area (Å²) in [6.45, 7) is 3.99. The molecule has 0 amide bonds. The van der Waals surface area contributed by atoms with E-state index in [9.17, 15) is 9.18 Å². The minimum Gasteiger partial charge on any atom is -0.462 e. The number of carbonyl (C=O) groups is 1. The second kappa shape index (κ2) is 6.23. The van der Waals surface area contributed by atoms with Crippen LogP contribution in [0, 0.1) is 5.82 Å². The van der Waals surface area contributed by atoms with Gasteiger partial charge >= 0.3 is 5.97 Å². The van der Waals surface area contributed by atoms with Crippen molar-refractivity contribution in [2.45, 2.75) is 20.3 Å². The number of rotatable bonds is 4. The van der Waals surface area contributed by atoms with Crippen LogP contribution >= 0.6 is 0 Å². The number of halogens is 1. The van der Waals surface area contributed by atoms with Gasteiger partial charge in [-0.1, -0.05) is 6.92 Å². The van der Waals surface area contributed by atoms with Crippen molar-refractivity contribution in [2.24, 2.45) is 0 Å². The fourth-order valence-electron chi connectivity index (χ4n) is 1.84. The lowest BCUT2D eigenvalue weighted by molar-refractivity contribution is 0.0524. The van der Waals surface area contributed by atoms with E-state index < -0.39 is 5.82 Å². The van der Waals surface area contributed by atoms with E-state index in [0.717, 1.165) is 6.20 Å². The summed E-state index contributed by atoms with van der Waals surface area (Å²) in [5, 5.41) is 0.